The van der Waals surface area contributed by atoms with E-state index >= 15 is 0 Å². The third-order valence-corrected chi connectivity index (χ3v) is 5.33. The second-order valence-electron chi connectivity index (χ2n) is 7.73. The number of carbonyl (C=O) groups is 3. The van der Waals surface area contributed by atoms with Crippen LogP contribution in [0.15, 0.2) is 30.9 Å². The number of hydrogen-bond acceptors (Lipinski definition) is 7. The summed E-state index contributed by atoms with van der Waals surface area (Å²) in [6.45, 7) is 7.57. The Hall–Kier alpha value is -3.03. The lowest BCUT2D eigenvalue weighted by Gasteiger charge is -2.31. The second-order valence-corrected chi connectivity index (χ2v) is 7.73. The number of nitrogens with zero attached hydrogens (tertiary/aromatic N) is 1. The van der Waals surface area contributed by atoms with Crippen molar-refractivity contribution in [3.05, 3.63) is 36.4 Å². The summed E-state index contributed by atoms with van der Waals surface area (Å²) in [7, 11) is 3.07. The van der Waals surface area contributed by atoms with Gasteiger partial charge in [0, 0.05) is 11.6 Å². The first kappa shape index (κ1) is 29.0. The normalized spacial score (nSPS) is 11.3. The fraction of sp³-hybridized carbons (Fsp3) is 0.577. The van der Waals surface area contributed by atoms with Gasteiger partial charge in [-0.2, -0.15) is 0 Å². The van der Waals surface area contributed by atoms with Gasteiger partial charge in [-0.15, -0.1) is 6.58 Å². The van der Waals surface area contributed by atoms with Crippen LogP contribution < -0.4 is 9.47 Å². The molecule has 0 saturated carbocycles. The number of hydrogen-bond donors (Lipinski definition) is 0. The predicted octanol–water partition coefficient (Wildman–Crippen LogP) is 4.44. The Morgan fingerprint density at radius 2 is 1.71 bits per heavy atom. The second kappa shape index (κ2) is 16.6. The molecule has 0 aliphatic heterocycles. The van der Waals surface area contributed by atoms with E-state index in [1.54, 1.807) is 39.2 Å². The van der Waals surface area contributed by atoms with Crippen LogP contribution in [0.1, 0.15) is 64.4 Å². The van der Waals surface area contributed by atoms with Crippen LogP contribution in [0, 0.1) is 0 Å². The summed E-state index contributed by atoms with van der Waals surface area (Å²) < 4.78 is 21.0. The largest absolute Gasteiger partial charge is 0.497 e. The van der Waals surface area contributed by atoms with Crippen LogP contribution in [-0.4, -0.2) is 56.2 Å². The molecule has 1 aromatic carbocycles. The van der Waals surface area contributed by atoms with E-state index in [-0.39, 0.29) is 19.8 Å². The summed E-state index contributed by atoms with van der Waals surface area (Å²) in [4.78, 5) is 39.6. The van der Waals surface area contributed by atoms with Crippen LogP contribution in [0.25, 0.3) is 0 Å². The molecule has 0 saturated heterocycles. The monoisotopic (exact) mass is 477 g/mol. The van der Waals surface area contributed by atoms with Gasteiger partial charge >= 0.3 is 11.9 Å². The van der Waals surface area contributed by atoms with E-state index in [0.717, 1.165) is 32.1 Å². The molecule has 1 amide bonds. The first-order valence-corrected chi connectivity index (χ1v) is 11.8. The molecule has 34 heavy (non-hydrogen) atoms. The molecular formula is C26H39NO7. The summed E-state index contributed by atoms with van der Waals surface area (Å²) >= 11 is 0. The number of amides is 1. The Balaban J connectivity index is 3.20. The van der Waals surface area contributed by atoms with Crippen LogP contribution in [0.2, 0.25) is 0 Å². The summed E-state index contributed by atoms with van der Waals surface area (Å²) in [6, 6.07) is 4.42. The number of ether oxygens (including phenoxy) is 4. The highest BCUT2D eigenvalue weighted by Crippen LogP contribution is 2.27. The SMILES string of the molecule is C=CCCCCCCC(C(=O)OCC)N(Cc1ccc(OC)cc1OC)C(=O)CC(=O)OCC. The van der Waals surface area contributed by atoms with E-state index in [1.165, 1.54) is 12.0 Å². The lowest BCUT2D eigenvalue weighted by molar-refractivity contribution is -0.159. The molecule has 8 heteroatoms. The maximum absolute atomic E-state index is 13.2. The Labute approximate surface area is 203 Å². The smallest absolute Gasteiger partial charge is 0.328 e. The first-order valence-electron chi connectivity index (χ1n) is 11.8. The van der Waals surface area contributed by atoms with Crippen molar-refractivity contribution in [2.24, 2.45) is 0 Å². The molecule has 190 valence electrons. The molecule has 0 fully saturated rings. The summed E-state index contributed by atoms with van der Waals surface area (Å²) in [5.74, 6) is -0.502. The minimum absolute atomic E-state index is 0.0748. The van der Waals surface area contributed by atoms with Crippen LogP contribution in [0.4, 0.5) is 0 Å². The topological polar surface area (TPSA) is 91.4 Å². The third-order valence-electron chi connectivity index (χ3n) is 5.33. The number of allylic oxidation sites excluding steroid dienone is 1. The molecule has 0 heterocycles. The molecule has 1 rings (SSSR count). The molecule has 0 N–H and O–H groups in total. The van der Waals surface area contributed by atoms with Crippen molar-refractivity contribution in [1.82, 2.24) is 4.90 Å². The average Bonchev–Trinajstić information content (AvgIpc) is 2.82. The van der Waals surface area contributed by atoms with E-state index < -0.39 is 30.3 Å². The quantitative estimate of drug-likeness (QED) is 0.142. The molecule has 1 aromatic rings. The first-order chi connectivity index (χ1) is 16.4. The zero-order valence-electron chi connectivity index (χ0n) is 21.0. The fourth-order valence-electron chi connectivity index (χ4n) is 3.59. The van der Waals surface area contributed by atoms with Gasteiger partial charge in [-0.25, -0.2) is 4.79 Å². The van der Waals surface area contributed by atoms with Crippen molar-refractivity contribution < 1.29 is 33.3 Å². The van der Waals surface area contributed by atoms with E-state index in [1.807, 2.05) is 6.08 Å². The number of benzene rings is 1. The molecule has 0 spiro atoms. The van der Waals surface area contributed by atoms with Crippen molar-refractivity contribution >= 4 is 17.8 Å². The van der Waals surface area contributed by atoms with Gasteiger partial charge in [-0.05, 0) is 45.2 Å². The average molecular weight is 478 g/mol. The lowest BCUT2D eigenvalue weighted by Crippen LogP contribution is -2.46. The molecular weight excluding hydrogens is 438 g/mol. The molecule has 0 bridgehead atoms. The maximum Gasteiger partial charge on any atom is 0.328 e. The van der Waals surface area contributed by atoms with Crippen molar-refractivity contribution in [3.8, 4) is 11.5 Å². The van der Waals surface area contributed by atoms with Gasteiger partial charge in [0.1, 0.15) is 24.0 Å². The van der Waals surface area contributed by atoms with Crippen LogP contribution in [0.5, 0.6) is 11.5 Å². The number of unbranched alkanes of at least 4 members (excludes halogenated alkanes) is 4. The Morgan fingerprint density at radius 3 is 2.32 bits per heavy atom. The van der Waals surface area contributed by atoms with Crippen molar-refractivity contribution in [1.29, 1.82) is 0 Å². The minimum Gasteiger partial charge on any atom is -0.497 e. The number of methoxy groups -OCH3 is 2. The number of rotatable bonds is 17. The molecule has 8 nitrogen and oxygen atoms in total. The standard InChI is InChI=1S/C26H39NO7/c1-6-9-10-11-12-13-14-22(26(30)34-8-3)27(24(28)18-25(29)33-7-2)19-20-15-16-21(31-4)17-23(20)32-5/h6,15-17,22H,1,7-14,18-19H2,2-5H3. The van der Waals surface area contributed by atoms with E-state index in [2.05, 4.69) is 6.58 Å². The van der Waals surface area contributed by atoms with Crippen molar-refractivity contribution in [3.63, 3.8) is 0 Å². The fourth-order valence-corrected chi connectivity index (χ4v) is 3.59. The van der Waals surface area contributed by atoms with Crippen LogP contribution in [-0.2, 0) is 30.4 Å². The highest BCUT2D eigenvalue weighted by molar-refractivity contribution is 5.96. The molecule has 0 radical (unpaired) electrons. The summed E-state index contributed by atoms with van der Waals surface area (Å²) in [6.07, 6.45) is 6.50. The van der Waals surface area contributed by atoms with Crippen molar-refractivity contribution in [2.75, 3.05) is 27.4 Å². The van der Waals surface area contributed by atoms with Crippen molar-refractivity contribution in [2.45, 2.75) is 71.4 Å². The van der Waals surface area contributed by atoms with Crippen LogP contribution in [0.3, 0.4) is 0 Å². The van der Waals surface area contributed by atoms with E-state index in [0.29, 0.717) is 23.5 Å². The Kier molecular flexibility index (Phi) is 14.1. The van der Waals surface area contributed by atoms with E-state index in [9.17, 15) is 14.4 Å². The molecule has 1 atom stereocenters. The molecule has 0 aliphatic rings. The number of esters is 2. The molecule has 0 aliphatic carbocycles. The highest BCUT2D eigenvalue weighted by Gasteiger charge is 2.32. The van der Waals surface area contributed by atoms with Gasteiger partial charge in [-0.1, -0.05) is 25.3 Å². The molecule has 0 aromatic heterocycles. The Bertz CT molecular complexity index is 793. The van der Waals surface area contributed by atoms with Gasteiger partial charge < -0.3 is 23.8 Å². The van der Waals surface area contributed by atoms with Gasteiger partial charge in [0.15, 0.2) is 0 Å². The van der Waals surface area contributed by atoms with Gasteiger partial charge in [0.25, 0.3) is 0 Å². The zero-order chi connectivity index (χ0) is 25.3. The summed E-state index contributed by atoms with van der Waals surface area (Å²) in [5.41, 5.74) is 0.681. The lowest BCUT2D eigenvalue weighted by atomic mass is 10.0. The molecule has 1 unspecified atom stereocenters. The predicted molar refractivity (Wildman–Crippen MR) is 130 cm³/mol. The van der Waals surface area contributed by atoms with Gasteiger partial charge in [-0.3, -0.25) is 9.59 Å². The minimum atomic E-state index is -0.826. The number of carbonyl (C=O) groups excluding carboxylic acids is 3. The summed E-state index contributed by atoms with van der Waals surface area (Å²) in [5, 5.41) is 0. The van der Waals surface area contributed by atoms with Gasteiger partial charge in [0.2, 0.25) is 5.91 Å². The van der Waals surface area contributed by atoms with Gasteiger partial charge in [0.05, 0.1) is 34.0 Å². The highest BCUT2D eigenvalue weighted by atomic mass is 16.5. The third kappa shape index (κ3) is 9.85. The van der Waals surface area contributed by atoms with Crippen LogP contribution >= 0.6 is 0 Å². The maximum atomic E-state index is 13.2. The van der Waals surface area contributed by atoms with E-state index in [4.69, 9.17) is 18.9 Å². The Morgan fingerprint density at radius 1 is 1.00 bits per heavy atom. The zero-order valence-corrected chi connectivity index (χ0v) is 21.0.